The van der Waals surface area contributed by atoms with Gasteiger partial charge in [-0.3, -0.25) is 0 Å². The Morgan fingerprint density at radius 2 is 1.28 bits per heavy atom. The Balaban J connectivity index is 1.61. The Morgan fingerprint density at radius 1 is 0.760 bits per heavy atom. The van der Waals surface area contributed by atoms with Gasteiger partial charge >= 0.3 is 6.03 Å². The second kappa shape index (κ2) is 7.44. The third kappa shape index (κ3) is 4.78. The van der Waals surface area contributed by atoms with Crippen molar-refractivity contribution in [3.63, 3.8) is 0 Å². The van der Waals surface area contributed by atoms with Crippen LogP contribution >= 0.6 is 0 Å². The molecule has 0 fully saturated rings. The number of rotatable bonds is 4. The molecule has 0 spiro atoms. The van der Waals surface area contributed by atoms with Crippen molar-refractivity contribution < 1.29 is 4.79 Å². The molecule has 0 unspecified atom stereocenters. The Morgan fingerprint density at radius 3 is 1.88 bits per heavy atom. The Hall–Kier alpha value is -3.41. The van der Waals surface area contributed by atoms with Crippen LogP contribution in [0.4, 0.5) is 27.8 Å². The van der Waals surface area contributed by atoms with E-state index in [2.05, 4.69) is 25.9 Å². The van der Waals surface area contributed by atoms with Crippen LogP contribution in [0.5, 0.6) is 0 Å². The van der Waals surface area contributed by atoms with E-state index in [1.54, 1.807) is 0 Å². The fraction of sp³-hybridized carbons (Fsp3) is 0.105. The molecule has 6 heteroatoms. The van der Waals surface area contributed by atoms with E-state index in [-0.39, 0.29) is 6.03 Å². The van der Waals surface area contributed by atoms with E-state index in [1.807, 2.05) is 74.5 Å². The van der Waals surface area contributed by atoms with Crippen molar-refractivity contribution in [2.45, 2.75) is 13.8 Å². The van der Waals surface area contributed by atoms with Crippen molar-refractivity contribution in [3.8, 4) is 0 Å². The summed E-state index contributed by atoms with van der Waals surface area (Å²) in [5, 5.41) is 8.72. The molecule has 0 aliphatic carbocycles. The maximum atomic E-state index is 12.0. The summed E-state index contributed by atoms with van der Waals surface area (Å²) in [5.41, 5.74) is 4.10. The molecule has 3 rings (SSSR count). The number of aromatic nitrogens is 2. The smallest absolute Gasteiger partial charge is 0.323 e. The molecule has 3 aromatic rings. The van der Waals surface area contributed by atoms with Crippen LogP contribution in [0.15, 0.2) is 60.7 Å². The van der Waals surface area contributed by atoms with Crippen LogP contribution in [0, 0.1) is 13.8 Å². The first-order valence-electron chi connectivity index (χ1n) is 7.91. The Kier molecular flexibility index (Phi) is 4.89. The lowest BCUT2D eigenvalue weighted by Gasteiger charge is -2.09. The van der Waals surface area contributed by atoms with Crippen LogP contribution in [-0.4, -0.2) is 16.0 Å². The number of carbonyl (C=O) groups excluding carboxylic acids is 1. The van der Waals surface area contributed by atoms with Crippen LogP contribution in [0.2, 0.25) is 0 Å². The van der Waals surface area contributed by atoms with E-state index in [0.29, 0.717) is 11.6 Å². The standard InChI is InChI=1S/C19H19N5O/c1-13-12-14(2)21-18(20-13)22-16-8-10-17(11-9-16)24-19(25)23-15-6-4-3-5-7-15/h3-12H,1-2H3,(H,20,21,22)(H2,23,24,25). The van der Waals surface area contributed by atoms with Crippen LogP contribution in [-0.2, 0) is 0 Å². The number of carbonyl (C=O) groups is 1. The highest BCUT2D eigenvalue weighted by atomic mass is 16.2. The molecule has 0 radical (unpaired) electrons. The molecule has 2 amide bonds. The first-order chi connectivity index (χ1) is 12.1. The van der Waals surface area contributed by atoms with Gasteiger partial charge in [0.1, 0.15) is 0 Å². The largest absolute Gasteiger partial charge is 0.324 e. The third-order valence-electron chi connectivity index (χ3n) is 3.41. The van der Waals surface area contributed by atoms with E-state index in [4.69, 9.17) is 0 Å². The molecule has 6 nitrogen and oxygen atoms in total. The molecule has 3 N–H and O–H groups in total. The van der Waals surface area contributed by atoms with E-state index >= 15 is 0 Å². The van der Waals surface area contributed by atoms with Crippen molar-refractivity contribution in [3.05, 3.63) is 72.1 Å². The summed E-state index contributed by atoms with van der Waals surface area (Å²) in [5.74, 6) is 0.556. The van der Waals surface area contributed by atoms with E-state index in [0.717, 1.165) is 22.8 Å². The van der Waals surface area contributed by atoms with E-state index < -0.39 is 0 Å². The molecule has 0 saturated heterocycles. The zero-order valence-corrected chi connectivity index (χ0v) is 14.1. The van der Waals surface area contributed by atoms with E-state index in [9.17, 15) is 4.79 Å². The van der Waals surface area contributed by atoms with Crippen molar-refractivity contribution in [2.75, 3.05) is 16.0 Å². The first kappa shape index (κ1) is 16.4. The van der Waals surface area contributed by atoms with Gasteiger partial charge in [-0.15, -0.1) is 0 Å². The minimum atomic E-state index is -0.287. The topological polar surface area (TPSA) is 78.9 Å². The summed E-state index contributed by atoms with van der Waals surface area (Å²) >= 11 is 0. The van der Waals surface area contributed by atoms with Gasteiger partial charge in [0.05, 0.1) is 0 Å². The average molecular weight is 333 g/mol. The van der Waals surface area contributed by atoms with E-state index in [1.165, 1.54) is 0 Å². The number of amides is 2. The maximum absolute atomic E-state index is 12.0. The zero-order valence-electron chi connectivity index (χ0n) is 14.1. The average Bonchev–Trinajstić information content (AvgIpc) is 2.56. The van der Waals surface area contributed by atoms with Crippen molar-refractivity contribution >= 4 is 29.0 Å². The highest BCUT2D eigenvalue weighted by Crippen LogP contribution is 2.17. The lowest BCUT2D eigenvalue weighted by atomic mass is 10.3. The molecule has 0 aliphatic heterocycles. The number of nitrogens with one attached hydrogen (secondary N) is 3. The van der Waals surface area contributed by atoms with Gasteiger partial charge in [0, 0.05) is 28.5 Å². The van der Waals surface area contributed by atoms with Gasteiger partial charge in [0.2, 0.25) is 5.95 Å². The Bertz CT molecular complexity index is 842. The first-order valence-corrected chi connectivity index (χ1v) is 7.91. The second-order valence-electron chi connectivity index (χ2n) is 5.62. The number of nitrogens with zero attached hydrogens (tertiary/aromatic N) is 2. The van der Waals surface area contributed by atoms with Gasteiger partial charge in [-0.25, -0.2) is 14.8 Å². The SMILES string of the molecule is Cc1cc(C)nc(Nc2ccc(NC(=O)Nc3ccccc3)cc2)n1. The van der Waals surface area contributed by atoms with Crippen LogP contribution in [0.25, 0.3) is 0 Å². The fourth-order valence-corrected chi connectivity index (χ4v) is 2.36. The molecule has 0 aliphatic rings. The maximum Gasteiger partial charge on any atom is 0.323 e. The number of para-hydroxylation sites is 1. The minimum Gasteiger partial charge on any atom is -0.324 e. The monoisotopic (exact) mass is 333 g/mol. The Labute approximate surface area is 146 Å². The van der Waals surface area contributed by atoms with Crippen LogP contribution in [0.1, 0.15) is 11.4 Å². The van der Waals surface area contributed by atoms with Gasteiger partial charge in [-0.05, 0) is 56.3 Å². The summed E-state index contributed by atoms with van der Waals surface area (Å²) in [7, 11) is 0. The molecule has 0 bridgehead atoms. The number of urea groups is 1. The molecular weight excluding hydrogens is 314 g/mol. The number of benzene rings is 2. The zero-order chi connectivity index (χ0) is 17.6. The highest BCUT2D eigenvalue weighted by Gasteiger charge is 2.04. The third-order valence-corrected chi connectivity index (χ3v) is 3.41. The van der Waals surface area contributed by atoms with Gasteiger partial charge < -0.3 is 16.0 Å². The number of anilines is 4. The number of aryl methyl sites for hydroxylation is 2. The predicted molar refractivity (Wildman–Crippen MR) is 100 cm³/mol. The molecule has 2 aromatic carbocycles. The van der Waals surface area contributed by atoms with Gasteiger partial charge in [0.15, 0.2) is 0 Å². The quantitative estimate of drug-likeness (QED) is 0.657. The second-order valence-corrected chi connectivity index (χ2v) is 5.62. The minimum absolute atomic E-state index is 0.287. The normalized spacial score (nSPS) is 10.2. The van der Waals surface area contributed by atoms with Crippen molar-refractivity contribution in [1.29, 1.82) is 0 Å². The molecular formula is C19H19N5O. The summed E-state index contributed by atoms with van der Waals surface area (Å²) in [4.78, 5) is 20.7. The van der Waals surface area contributed by atoms with Crippen molar-refractivity contribution in [2.24, 2.45) is 0 Å². The van der Waals surface area contributed by atoms with Crippen LogP contribution in [0.3, 0.4) is 0 Å². The summed E-state index contributed by atoms with van der Waals surface area (Å²) in [6, 6.07) is 18.3. The number of hydrogen-bond acceptors (Lipinski definition) is 4. The summed E-state index contributed by atoms with van der Waals surface area (Å²) < 4.78 is 0. The molecule has 0 atom stereocenters. The number of hydrogen-bond donors (Lipinski definition) is 3. The van der Waals surface area contributed by atoms with Crippen LogP contribution < -0.4 is 16.0 Å². The van der Waals surface area contributed by atoms with Gasteiger partial charge in [0.25, 0.3) is 0 Å². The highest BCUT2D eigenvalue weighted by molar-refractivity contribution is 5.99. The van der Waals surface area contributed by atoms with Gasteiger partial charge in [-0.2, -0.15) is 0 Å². The molecule has 1 aromatic heterocycles. The van der Waals surface area contributed by atoms with Crippen molar-refractivity contribution in [1.82, 2.24) is 9.97 Å². The van der Waals surface area contributed by atoms with Gasteiger partial charge in [-0.1, -0.05) is 18.2 Å². The predicted octanol–water partition coefficient (Wildman–Crippen LogP) is 4.48. The molecule has 1 heterocycles. The summed E-state index contributed by atoms with van der Waals surface area (Å²) in [6.45, 7) is 3.86. The molecule has 25 heavy (non-hydrogen) atoms. The lowest BCUT2D eigenvalue weighted by molar-refractivity contribution is 0.262. The summed E-state index contributed by atoms with van der Waals surface area (Å²) in [6.07, 6.45) is 0. The fourth-order valence-electron chi connectivity index (χ4n) is 2.36. The molecule has 126 valence electrons. The lowest BCUT2D eigenvalue weighted by Crippen LogP contribution is -2.19. The molecule has 0 saturated carbocycles.